The zero-order valence-corrected chi connectivity index (χ0v) is 21.2. The highest BCUT2D eigenvalue weighted by molar-refractivity contribution is 8.26. The van der Waals surface area contributed by atoms with Crippen molar-refractivity contribution < 1.29 is 4.79 Å². The summed E-state index contributed by atoms with van der Waals surface area (Å²) < 4.78 is 2.20. The summed E-state index contributed by atoms with van der Waals surface area (Å²) in [5.41, 5.74) is 2.25. The largest absolute Gasteiger partial charge is 0.357 e. The van der Waals surface area contributed by atoms with Crippen molar-refractivity contribution in [3.8, 4) is 6.07 Å². The number of aromatic nitrogens is 1. The van der Waals surface area contributed by atoms with Gasteiger partial charge in [-0.3, -0.25) is 19.1 Å². The maximum absolute atomic E-state index is 13.4. The standard InChI is InChI=1S/C26H28N4O2S2/c1-3-29-23(28-13-9-4-5-10-14-28)20(18(2)21(16-27)24(29)31)15-22-25(32)30(26(33)34-22)17-19-11-7-6-8-12-19/h6-8,11-12,15H,3-5,9-10,13-14,17H2,1-2H3. The molecule has 1 amide bonds. The van der Waals surface area contributed by atoms with Crippen LogP contribution in [0.3, 0.4) is 0 Å². The number of rotatable bonds is 5. The number of hydrogen-bond donors (Lipinski definition) is 0. The van der Waals surface area contributed by atoms with Crippen LogP contribution in [0.5, 0.6) is 0 Å². The van der Waals surface area contributed by atoms with E-state index in [0.29, 0.717) is 27.9 Å². The van der Waals surface area contributed by atoms with Crippen molar-refractivity contribution in [2.24, 2.45) is 0 Å². The summed E-state index contributed by atoms with van der Waals surface area (Å²) in [5.74, 6) is 0.659. The third-order valence-corrected chi connectivity index (χ3v) is 7.78. The molecule has 0 unspecified atom stereocenters. The van der Waals surface area contributed by atoms with Gasteiger partial charge in [0.15, 0.2) is 0 Å². The number of benzene rings is 1. The molecule has 176 valence electrons. The molecule has 2 aromatic rings. The Hall–Kier alpha value is -2.89. The molecular formula is C26H28N4O2S2. The maximum atomic E-state index is 13.4. The minimum absolute atomic E-state index is 0.131. The molecule has 2 aliphatic heterocycles. The third kappa shape index (κ3) is 4.68. The van der Waals surface area contributed by atoms with Gasteiger partial charge in [0.25, 0.3) is 11.5 Å². The quantitative estimate of drug-likeness (QED) is 0.440. The Balaban J connectivity index is 1.81. The zero-order valence-electron chi connectivity index (χ0n) is 19.5. The van der Waals surface area contributed by atoms with E-state index < -0.39 is 0 Å². The topological polar surface area (TPSA) is 69.3 Å². The van der Waals surface area contributed by atoms with Crippen LogP contribution in [0.2, 0.25) is 0 Å². The van der Waals surface area contributed by atoms with Crippen LogP contribution in [0.25, 0.3) is 6.08 Å². The Kier molecular flexibility index (Phi) is 7.54. The summed E-state index contributed by atoms with van der Waals surface area (Å²) in [6, 6.07) is 11.9. The Morgan fingerprint density at radius 3 is 2.41 bits per heavy atom. The second kappa shape index (κ2) is 10.6. The number of hydrogen-bond acceptors (Lipinski definition) is 6. The molecular weight excluding hydrogens is 464 g/mol. The normalized spacial score (nSPS) is 17.9. The molecule has 0 bridgehead atoms. The van der Waals surface area contributed by atoms with Gasteiger partial charge in [-0.2, -0.15) is 5.26 Å². The van der Waals surface area contributed by atoms with Crippen molar-refractivity contribution >= 4 is 46.1 Å². The van der Waals surface area contributed by atoms with Gasteiger partial charge in [-0.15, -0.1) is 0 Å². The minimum Gasteiger partial charge on any atom is -0.357 e. The first-order valence-electron chi connectivity index (χ1n) is 11.7. The molecule has 34 heavy (non-hydrogen) atoms. The molecule has 0 N–H and O–H groups in total. The van der Waals surface area contributed by atoms with Crippen LogP contribution in [0.4, 0.5) is 5.82 Å². The lowest BCUT2D eigenvalue weighted by molar-refractivity contribution is -0.122. The monoisotopic (exact) mass is 492 g/mol. The van der Waals surface area contributed by atoms with Crippen molar-refractivity contribution in [3.63, 3.8) is 0 Å². The SMILES string of the molecule is CCn1c(N2CCCCCC2)c(C=C2SC(=S)N(Cc3ccccc3)C2=O)c(C)c(C#N)c1=O. The summed E-state index contributed by atoms with van der Waals surface area (Å²) in [6.07, 6.45) is 6.27. The van der Waals surface area contributed by atoms with Gasteiger partial charge in [-0.05, 0) is 43.9 Å². The molecule has 4 rings (SSSR count). The highest BCUT2D eigenvalue weighted by Crippen LogP contribution is 2.37. The third-order valence-electron chi connectivity index (χ3n) is 6.40. The van der Waals surface area contributed by atoms with Gasteiger partial charge in [0, 0.05) is 25.2 Å². The lowest BCUT2D eigenvalue weighted by Crippen LogP contribution is -2.35. The Morgan fingerprint density at radius 2 is 1.79 bits per heavy atom. The van der Waals surface area contributed by atoms with E-state index in [2.05, 4.69) is 11.0 Å². The summed E-state index contributed by atoms with van der Waals surface area (Å²) in [5, 5.41) is 9.75. The van der Waals surface area contributed by atoms with Crippen molar-refractivity contribution in [2.75, 3.05) is 18.0 Å². The predicted octanol–water partition coefficient (Wildman–Crippen LogP) is 4.83. The van der Waals surface area contributed by atoms with E-state index in [-0.39, 0.29) is 17.0 Å². The van der Waals surface area contributed by atoms with E-state index >= 15 is 0 Å². The smallest absolute Gasteiger partial charge is 0.270 e. The number of pyridine rings is 1. The molecule has 0 radical (unpaired) electrons. The molecule has 2 aliphatic rings. The first kappa shape index (κ1) is 24.2. The van der Waals surface area contributed by atoms with Crippen LogP contribution in [-0.4, -0.2) is 32.8 Å². The maximum Gasteiger partial charge on any atom is 0.270 e. The van der Waals surface area contributed by atoms with Crippen LogP contribution in [-0.2, 0) is 17.9 Å². The fraction of sp³-hybridized carbons (Fsp3) is 0.385. The summed E-state index contributed by atoms with van der Waals surface area (Å²) >= 11 is 6.82. The summed E-state index contributed by atoms with van der Waals surface area (Å²) in [7, 11) is 0. The average Bonchev–Trinajstić information content (AvgIpc) is 3.02. The number of amides is 1. The van der Waals surface area contributed by atoms with Crippen LogP contribution in [0.15, 0.2) is 40.0 Å². The van der Waals surface area contributed by atoms with E-state index in [4.69, 9.17) is 12.2 Å². The minimum atomic E-state index is -0.268. The van der Waals surface area contributed by atoms with Gasteiger partial charge in [0.05, 0.1) is 11.4 Å². The molecule has 0 spiro atoms. The summed E-state index contributed by atoms with van der Waals surface area (Å²) in [4.78, 5) is 30.9. The number of thiocarbonyl (C=S) groups is 1. The van der Waals surface area contributed by atoms with E-state index in [1.165, 1.54) is 11.8 Å². The van der Waals surface area contributed by atoms with Gasteiger partial charge < -0.3 is 4.90 Å². The number of nitrogens with zero attached hydrogens (tertiary/aromatic N) is 4. The Morgan fingerprint density at radius 1 is 1.12 bits per heavy atom. The fourth-order valence-corrected chi connectivity index (χ4v) is 5.83. The molecule has 1 aromatic carbocycles. The van der Waals surface area contributed by atoms with E-state index in [1.54, 1.807) is 16.4 Å². The molecule has 0 atom stereocenters. The van der Waals surface area contributed by atoms with Crippen LogP contribution < -0.4 is 10.5 Å². The predicted molar refractivity (Wildman–Crippen MR) is 142 cm³/mol. The molecule has 3 heterocycles. The van der Waals surface area contributed by atoms with Gasteiger partial charge in [0.2, 0.25) is 0 Å². The lowest BCUT2D eigenvalue weighted by Gasteiger charge is -2.29. The lowest BCUT2D eigenvalue weighted by atomic mass is 10.0. The van der Waals surface area contributed by atoms with Crippen molar-refractivity contribution in [1.29, 1.82) is 5.26 Å². The Labute approximate surface area is 209 Å². The Bertz CT molecular complexity index is 1240. The van der Waals surface area contributed by atoms with E-state index in [0.717, 1.165) is 55.7 Å². The van der Waals surface area contributed by atoms with Crippen LogP contribution in [0, 0.1) is 18.3 Å². The summed E-state index contributed by atoms with van der Waals surface area (Å²) in [6.45, 7) is 6.29. The molecule has 1 aromatic heterocycles. The zero-order chi connectivity index (χ0) is 24.2. The molecule has 0 saturated carbocycles. The second-order valence-corrected chi connectivity index (χ2v) is 10.2. The van der Waals surface area contributed by atoms with Gasteiger partial charge in [-0.25, -0.2) is 0 Å². The average molecular weight is 493 g/mol. The molecule has 2 saturated heterocycles. The molecule has 0 aliphatic carbocycles. The molecule has 6 nitrogen and oxygen atoms in total. The van der Waals surface area contributed by atoms with Crippen LogP contribution >= 0.6 is 24.0 Å². The molecule has 2 fully saturated rings. The fourth-order valence-electron chi connectivity index (χ4n) is 4.59. The van der Waals surface area contributed by atoms with Crippen LogP contribution in [0.1, 0.15) is 54.9 Å². The molecule has 8 heteroatoms. The number of carbonyl (C=O) groups is 1. The van der Waals surface area contributed by atoms with Crippen molar-refractivity contribution in [1.82, 2.24) is 9.47 Å². The van der Waals surface area contributed by atoms with Gasteiger partial charge in [-0.1, -0.05) is 67.2 Å². The number of carbonyl (C=O) groups excluding carboxylic acids is 1. The van der Waals surface area contributed by atoms with E-state index in [9.17, 15) is 14.9 Å². The second-order valence-electron chi connectivity index (χ2n) is 8.55. The van der Waals surface area contributed by atoms with Crippen molar-refractivity contribution in [3.05, 3.63) is 67.8 Å². The van der Waals surface area contributed by atoms with E-state index in [1.807, 2.05) is 43.3 Å². The number of nitriles is 1. The number of anilines is 1. The number of thioether (sulfide) groups is 1. The highest BCUT2D eigenvalue weighted by Gasteiger charge is 2.33. The van der Waals surface area contributed by atoms with Gasteiger partial charge >= 0.3 is 0 Å². The first-order valence-corrected chi connectivity index (χ1v) is 12.9. The highest BCUT2D eigenvalue weighted by atomic mass is 32.2. The van der Waals surface area contributed by atoms with Gasteiger partial charge in [0.1, 0.15) is 21.8 Å². The van der Waals surface area contributed by atoms with Crippen molar-refractivity contribution in [2.45, 2.75) is 52.6 Å². The first-order chi connectivity index (χ1) is 16.5.